The predicted octanol–water partition coefficient (Wildman–Crippen LogP) is 2.75. The van der Waals surface area contributed by atoms with Gasteiger partial charge in [-0.2, -0.15) is 0 Å². The van der Waals surface area contributed by atoms with Crippen LogP contribution >= 0.6 is 0 Å². The molecule has 3 nitrogen and oxygen atoms in total. The quantitative estimate of drug-likeness (QED) is 0.758. The van der Waals surface area contributed by atoms with E-state index in [1.54, 1.807) is 0 Å². The van der Waals surface area contributed by atoms with Gasteiger partial charge in [0.05, 0.1) is 6.54 Å². The highest BCUT2D eigenvalue weighted by Gasteiger charge is 2.29. The minimum absolute atomic E-state index is 0.187. The Hall–Kier alpha value is -0.570. The third kappa shape index (κ3) is 3.48. The summed E-state index contributed by atoms with van der Waals surface area (Å²) in [4.78, 5) is 13.1. The molecule has 1 saturated carbocycles. The van der Waals surface area contributed by atoms with Crippen LogP contribution in [0, 0.1) is 5.92 Å². The van der Waals surface area contributed by atoms with Crippen LogP contribution in [0.4, 0.5) is 0 Å². The lowest BCUT2D eigenvalue weighted by atomic mass is 9.96. The van der Waals surface area contributed by atoms with E-state index in [9.17, 15) is 4.79 Å². The Kier molecular flexibility index (Phi) is 5.26. The zero-order valence-electron chi connectivity index (χ0n) is 10.8. The molecule has 3 heteroatoms. The van der Waals surface area contributed by atoms with Crippen LogP contribution in [0.25, 0.3) is 0 Å². The minimum atomic E-state index is -0.704. The SMILES string of the molecule is CCC(C)N(CC(=O)O)C(C)C1CCCC1. The smallest absolute Gasteiger partial charge is 0.317 e. The molecule has 0 radical (unpaired) electrons. The van der Waals surface area contributed by atoms with Crippen molar-refractivity contribution in [1.82, 2.24) is 4.90 Å². The highest BCUT2D eigenvalue weighted by atomic mass is 16.4. The molecule has 1 aliphatic rings. The topological polar surface area (TPSA) is 40.5 Å². The standard InChI is InChI=1S/C13H25NO2/c1-4-10(2)14(9-13(15)16)11(3)12-7-5-6-8-12/h10-12H,4-9H2,1-3H3,(H,15,16). The first kappa shape index (κ1) is 13.5. The molecule has 0 spiro atoms. The summed E-state index contributed by atoms with van der Waals surface area (Å²) in [6.07, 6.45) is 6.19. The highest BCUT2D eigenvalue weighted by molar-refractivity contribution is 5.69. The van der Waals surface area contributed by atoms with E-state index in [0.717, 1.165) is 6.42 Å². The van der Waals surface area contributed by atoms with Crippen molar-refractivity contribution in [2.75, 3.05) is 6.54 Å². The molecule has 0 amide bonds. The van der Waals surface area contributed by atoms with Gasteiger partial charge in [-0.25, -0.2) is 0 Å². The average molecular weight is 227 g/mol. The maximum Gasteiger partial charge on any atom is 0.317 e. The first-order valence-corrected chi connectivity index (χ1v) is 6.53. The molecule has 0 aromatic rings. The number of carboxylic acids is 1. The lowest BCUT2D eigenvalue weighted by molar-refractivity contribution is -0.139. The fraction of sp³-hybridized carbons (Fsp3) is 0.923. The van der Waals surface area contributed by atoms with Crippen LogP contribution in [0.3, 0.4) is 0 Å². The maximum atomic E-state index is 10.9. The second kappa shape index (κ2) is 6.24. The molecule has 16 heavy (non-hydrogen) atoms. The normalized spacial score (nSPS) is 21.2. The molecule has 0 aliphatic heterocycles. The van der Waals surface area contributed by atoms with Crippen LogP contribution in [0.2, 0.25) is 0 Å². The molecule has 1 aliphatic carbocycles. The molecule has 94 valence electrons. The number of hydrogen-bond donors (Lipinski definition) is 1. The number of hydrogen-bond acceptors (Lipinski definition) is 2. The number of rotatable bonds is 6. The summed E-state index contributed by atoms with van der Waals surface area (Å²) in [7, 11) is 0. The lowest BCUT2D eigenvalue weighted by Crippen LogP contribution is -2.46. The molecule has 1 rings (SSSR count). The number of aliphatic carboxylic acids is 1. The van der Waals surface area contributed by atoms with Crippen molar-refractivity contribution in [3.8, 4) is 0 Å². The third-order valence-electron chi connectivity index (χ3n) is 4.08. The summed E-state index contributed by atoms with van der Waals surface area (Å²) < 4.78 is 0. The van der Waals surface area contributed by atoms with Gasteiger partial charge in [0.1, 0.15) is 0 Å². The molecule has 0 saturated heterocycles. The minimum Gasteiger partial charge on any atom is -0.480 e. The maximum absolute atomic E-state index is 10.9. The van der Waals surface area contributed by atoms with Gasteiger partial charge in [0.25, 0.3) is 0 Å². The van der Waals surface area contributed by atoms with E-state index < -0.39 is 5.97 Å². The number of carboxylic acid groups (broad SMARTS) is 1. The van der Waals surface area contributed by atoms with Crippen LogP contribution in [-0.4, -0.2) is 34.6 Å². The predicted molar refractivity (Wildman–Crippen MR) is 65.5 cm³/mol. The van der Waals surface area contributed by atoms with E-state index in [4.69, 9.17) is 5.11 Å². The van der Waals surface area contributed by atoms with Crippen LogP contribution in [-0.2, 0) is 4.79 Å². The molecule has 0 bridgehead atoms. The van der Waals surface area contributed by atoms with E-state index in [1.807, 2.05) is 0 Å². The van der Waals surface area contributed by atoms with Crippen molar-refractivity contribution in [3.63, 3.8) is 0 Å². The molecule has 0 aromatic heterocycles. The van der Waals surface area contributed by atoms with Crippen molar-refractivity contribution in [1.29, 1.82) is 0 Å². The Bertz CT molecular complexity index is 224. The molecule has 2 atom stereocenters. The summed E-state index contributed by atoms with van der Waals surface area (Å²) in [6.45, 7) is 6.65. The molecule has 1 fully saturated rings. The lowest BCUT2D eigenvalue weighted by Gasteiger charge is -2.36. The van der Waals surface area contributed by atoms with Crippen LogP contribution in [0.1, 0.15) is 52.9 Å². The Balaban J connectivity index is 2.62. The summed E-state index contributed by atoms with van der Waals surface area (Å²) >= 11 is 0. The van der Waals surface area contributed by atoms with Crippen LogP contribution in [0.5, 0.6) is 0 Å². The fourth-order valence-corrected chi connectivity index (χ4v) is 2.80. The summed E-state index contributed by atoms with van der Waals surface area (Å²) in [5, 5.41) is 8.98. The fourth-order valence-electron chi connectivity index (χ4n) is 2.80. The Labute approximate surface area is 98.8 Å². The van der Waals surface area contributed by atoms with Crippen molar-refractivity contribution in [3.05, 3.63) is 0 Å². The van der Waals surface area contributed by atoms with E-state index in [-0.39, 0.29) is 6.54 Å². The molecular formula is C13H25NO2. The summed E-state index contributed by atoms with van der Waals surface area (Å²) in [6, 6.07) is 0.778. The van der Waals surface area contributed by atoms with Crippen molar-refractivity contribution in [2.45, 2.75) is 65.0 Å². The highest BCUT2D eigenvalue weighted by Crippen LogP contribution is 2.31. The van der Waals surface area contributed by atoms with E-state index in [1.165, 1.54) is 25.7 Å². The van der Waals surface area contributed by atoms with Crippen molar-refractivity contribution in [2.24, 2.45) is 5.92 Å². The molecular weight excluding hydrogens is 202 g/mol. The molecule has 0 aromatic carbocycles. The van der Waals surface area contributed by atoms with E-state index in [0.29, 0.717) is 18.0 Å². The van der Waals surface area contributed by atoms with Crippen molar-refractivity contribution >= 4 is 5.97 Å². The van der Waals surface area contributed by atoms with Gasteiger partial charge >= 0.3 is 5.97 Å². The molecule has 1 N–H and O–H groups in total. The Morgan fingerprint density at radius 1 is 1.38 bits per heavy atom. The van der Waals surface area contributed by atoms with Gasteiger partial charge in [0, 0.05) is 12.1 Å². The zero-order chi connectivity index (χ0) is 12.1. The third-order valence-corrected chi connectivity index (χ3v) is 4.08. The van der Waals surface area contributed by atoms with Gasteiger partial charge in [0.15, 0.2) is 0 Å². The van der Waals surface area contributed by atoms with Gasteiger partial charge in [-0.1, -0.05) is 19.8 Å². The second-order valence-electron chi connectivity index (χ2n) is 5.11. The number of carbonyl (C=O) groups is 1. The van der Waals surface area contributed by atoms with E-state index in [2.05, 4.69) is 25.7 Å². The average Bonchev–Trinajstić information content (AvgIpc) is 2.77. The van der Waals surface area contributed by atoms with Crippen LogP contribution < -0.4 is 0 Å². The van der Waals surface area contributed by atoms with E-state index >= 15 is 0 Å². The monoisotopic (exact) mass is 227 g/mol. The van der Waals surface area contributed by atoms with Crippen molar-refractivity contribution < 1.29 is 9.90 Å². The molecule has 2 unspecified atom stereocenters. The summed E-state index contributed by atoms with van der Waals surface area (Å²) in [5.41, 5.74) is 0. The van der Waals surface area contributed by atoms with Gasteiger partial charge in [-0.05, 0) is 39.0 Å². The van der Waals surface area contributed by atoms with Gasteiger partial charge < -0.3 is 5.11 Å². The first-order valence-electron chi connectivity index (χ1n) is 6.53. The Morgan fingerprint density at radius 2 is 1.94 bits per heavy atom. The number of nitrogens with zero attached hydrogens (tertiary/aromatic N) is 1. The largest absolute Gasteiger partial charge is 0.480 e. The Morgan fingerprint density at radius 3 is 2.38 bits per heavy atom. The second-order valence-corrected chi connectivity index (χ2v) is 5.11. The van der Waals surface area contributed by atoms with Gasteiger partial charge in [-0.15, -0.1) is 0 Å². The molecule has 0 heterocycles. The summed E-state index contributed by atoms with van der Waals surface area (Å²) in [5.74, 6) is -0.00139. The van der Waals surface area contributed by atoms with Crippen LogP contribution in [0.15, 0.2) is 0 Å². The van der Waals surface area contributed by atoms with Gasteiger partial charge in [-0.3, -0.25) is 9.69 Å². The first-order chi connectivity index (χ1) is 7.56. The van der Waals surface area contributed by atoms with Gasteiger partial charge in [0.2, 0.25) is 0 Å². The zero-order valence-corrected chi connectivity index (χ0v) is 10.8.